The van der Waals surface area contributed by atoms with Gasteiger partial charge in [0.2, 0.25) is 17.6 Å². The molecule has 1 aliphatic heterocycles. The summed E-state index contributed by atoms with van der Waals surface area (Å²) in [4.78, 5) is 39.9. The van der Waals surface area contributed by atoms with Gasteiger partial charge in [-0.25, -0.2) is 4.90 Å². The molecule has 0 bridgehead atoms. The van der Waals surface area contributed by atoms with Gasteiger partial charge in [-0.05, 0) is 38.3 Å². The number of ketones is 1. The van der Waals surface area contributed by atoms with E-state index < -0.39 is 6.10 Å². The number of ether oxygens (including phenoxy) is 1. The average molecular weight is 403 g/mol. The number of rotatable bonds is 5. The van der Waals surface area contributed by atoms with E-state index in [0.717, 1.165) is 5.56 Å². The number of benzene rings is 2. The number of aryl methyl sites for hydroxylation is 1. The Labute approximate surface area is 176 Å². The standard InChI is InChI=1S/C25H25NO4/c1-15-10-12-18(13-11-15)23(27)17(3)30-20-8-5-7-19(14-20)26-24(28)21-9-4-6-16(2)22(21)25(26)29/h4-8,10-14,16-17,21-22H,9H2,1-3H3. The first-order valence-corrected chi connectivity index (χ1v) is 10.3. The van der Waals surface area contributed by atoms with Crippen LogP contribution in [0.15, 0.2) is 60.7 Å². The van der Waals surface area contributed by atoms with Crippen molar-refractivity contribution < 1.29 is 19.1 Å². The van der Waals surface area contributed by atoms with Crippen LogP contribution in [0.2, 0.25) is 0 Å². The molecule has 0 saturated carbocycles. The molecule has 1 fully saturated rings. The number of Topliss-reactive ketones (excluding diaryl/α,β-unsaturated/α-hetero) is 1. The quantitative estimate of drug-likeness (QED) is 0.423. The van der Waals surface area contributed by atoms with Gasteiger partial charge in [0.25, 0.3) is 0 Å². The summed E-state index contributed by atoms with van der Waals surface area (Å²) in [7, 11) is 0. The first kappa shape index (κ1) is 20.1. The second-order valence-electron chi connectivity index (χ2n) is 8.15. The highest BCUT2D eigenvalue weighted by Crippen LogP contribution is 2.41. The van der Waals surface area contributed by atoms with Gasteiger partial charge >= 0.3 is 0 Å². The van der Waals surface area contributed by atoms with Gasteiger partial charge in [-0.15, -0.1) is 0 Å². The third-order valence-electron chi connectivity index (χ3n) is 5.97. The molecule has 2 aromatic carbocycles. The summed E-state index contributed by atoms with van der Waals surface area (Å²) in [5.74, 6) is -0.582. The fraction of sp³-hybridized carbons (Fsp3) is 0.320. The third-order valence-corrected chi connectivity index (χ3v) is 5.97. The number of carbonyl (C=O) groups is 3. The molecule has 1 heterocycles. The van der Waals surface area contributed by atoms with Crippen LogP contribution >= 0.6 is 0 Å². The van der Waals surface area contributed by atoms with Gasteiger partial charge in [-0.3, -0.25) is 14.4 Å². The molecule has 0 radical (unpaired) electrons. The van der Waals surface area contributed by atoms with Crippen LogP contribution in [0.4, 0.5) is 5.69 Å². The molecule has 5 nitrogen and oxygen atoms in total. The van der Waals surface area contributed by atoms with Crippen LogP contribution < -0.4 is 9.64 Å². The predicted octanol–water partition coefficient (Wildman–Crippen LogP) is 4.35. The number of anilines is 1. The van der Waals surface area contributed by atoms with Crippen molar-refractivity contribution in [1.82, 2.24) is 0 Å². The van der Waals surface area contributed by atoms with Crippen molar-refractivity contribution in [2.24, 2.45) is 17.8 Å². The van der Waals surface area contributed by atoms with E-state index in [4.69, 9.17) is 4.74 Å². The number of allylic oxidation sites excluding steroid dienone is 2. The van der Waals surface area contributed by atoms with E-state index in [-0.39, 0.29) is 35.4 Å². The molecule has 5 heteroatoms. The second-order valence-corrected chi connectivity index (χ2v) is 8.15. The Balaban J connectivity index is 1.53. The maximum atomic E-state index is 13.0. The van der Waals surface area contributed by atoms with Gasteiger partial charge in [0, 0.05) is 11.6 Å². The first-order valence-electron chi connectivity index (χ1n) is 10.3. The lowest BCUT2D eigenvalue weighted by molar-refractivity contribution is -0.122. The van der Waals surface area contributed by atoms with Crippen molar-refractivity contribution in [2.75, 3.05) is 4.90 Å². The number of fused-ring (bicyclic) bond motifs is 1. The van der Waals surface area contributed by atoms with E-state index in [0.29, 0.717) is 23.4 Å². The van der Waals surface area contributed by atoms with E-state index in [1.165, 1.54) is 4.90 Å². The zero-order chi connectivity index (χ0) is 21.4. The summed E-state index contributed by atoms with van der Waals surface area (Å²) in [5, 5.41) is 0. The Kier molecular flexibility index (Phi) is 5.29. The van der Waals surface area contributed by atoms with Crippen LogP contribution in [0, 0.1) is 24.7 Å². The number of carbonyl (C=O) groups excluding carboxylic acids is 3. The summed E-state index contributed by atoms with van der Waals surface area (Å²) >= 11 is 0. The van der Waals surface area contributed by atoms with Gasteiger partial charge in [-0.2, -0.15) is 0 Å². The molecule has 0 aromatic heterocycles. The van der Waals surface area contributed by atoms with Crippen molar-refractivity contribution in [3.63, 3.8) is 0 Å². The van der Waals surface area contributed by atoms with E-state index in [1.54, 1.807) is 43.3 Å². The van der Waals surface area contributed by atoms with Crippen LogP contribution in [-0.2, 0) is 9.59 Å². The highest BCUT2D eigenvalue weighted by atomic mass is 16.5. The normalized spacial score (nSPS) is 24.0. The zero-order valence-electron chi connectivity index (χ0n) is 17.4. The van der Waals surface area contributed by atoms with E-state index >= 15 is 0 Å². The third kappa shape index (κ3) is 3.56. The molecule has 1 saturated heterocycles. The summed E-state index contributed by atoms with van der Waals surface area (Å²) < 4.78 is 5.86. The van der Waals surface area contributed by atoms with E-state index in [9.17, 15) is 14.4 Å². The number of amides is 2. The summed E-state index contributed by atoms with van der Waals surface area (Å²) in [6.45, 7) is 5.64. The molecular weight excluding hydrogens is 378 g/mol. The van der Waals surface area contributed by atoms with Gasteiger partial charge in [0.1, 0.15) is 5.75 Å². The highest BCUT2D eigenvalue weighted by molar-refractivity contribution is 6.22. The Morgan fingerprint density at radius 1 is 1.10 bits per heavy atom. The van der Waals surface area contributed by atoms with Gasteiger partial charge in [-0.1, -0.05) is 55.0 Å². The Morgan fingerprint density at radius 3 is 2.53 bits per heavy atom. The molecule has 4 atom stereocenters. The average Bonchev–Trinajstić information content (AvgIpc) is 2.99. The zero-order valence-corrected chi connectivity index (χ0v) is 17.4. The van der Waals surface area contributed by atoms with Crippen LogP contribution in [0.25, 0.3) is 0 Å². The largest absolute Gasteiger partial charge is 0.482 e. The lowest BCUT2D eigenvalue weighted by atomic mass is 9.78. The number of nitrogens with zero attached hydrogens (tertiary/aromatic N) is 1. The maximum absolute atomic E-state index is 13.0. The smallest absolute Gasteiger partial charge is 0.238 e. The van der Waals surface area contributed by atoms with Crippen molar-refractivity contribution >= 4 is 23.3 Å². The Bertz CT molecular complexity index is 1020. The van der Waals surface area contributed by atoms with Crippen LogP contribution in [0.5, 0.6) is 5.75 Å². The van der Waals surface area contributed by atoms with Gasteiger partial charge < -0.3 is 4.74 Å². The van der Waals surface area contributed by atoms with Crippen molar-refractivity contribution in [3.05, 3.63) is 71.8 Å². The Morgan fingerprint density at radius 2 is 1.83 bits per heavy atom. The Hall–Kier alpha value is -3.21. The van der Waals surface area contributed by atoms with Crippen molar-refractivity contribution in [1.29, 1.82) is 0 Å². The van der Waals surface area contributed by atoms with Crippen molar-refractivity contribution in [2.45, 2.75) is 33.3 Å². The van der Waals surface area contributed by atoms with Crippen molar-refractivity contribution in [3.8, 4) is 5.75 Å². The summed E-state index contributed by atoms with van der Waals surface area (Å²) in [6.07, 6.45) is 3.89. The van der Waals surface area contributed by atoms with Gasteiger partial charge in [0.15, 0.2) is 6.10 Å². The molecule has 1 aliphatic carbocycles. The fourth-order valence-corrected chi connectivity index (χ4v) is 4.31. The lowest BCUT2D eigenvalue weighted by Crippen LogP contribution is -2.31. The van der Waals surface area contributed by atoms with Crippen LogP contribution in [0.1, 0.15) is 36.2 Å². The molecule has 2 aromatic rings. The predicted molar refractivity (Wildman–Crippen MR) is 114 cm³/mol. The summed E-state index contributed by atoms with van der Waals surface area (Å²) in [5.41, 5.74) is 2.15. The summed E-state index contributed by atoms with van der Waals surface area (Å²) in [6, 6.07) is 14.2. The number of imide groups is 1. The molecule has 4 unspecified atom stereocenters. The molecule has 4 rings (SSSR count). The SMILES string of the molecule is Cc1ccc(C(=O)C(C)Oc2cccc(N3C(=O)C4CC=CC(C)C4C3=O)c2)cc1. The van der Waals surface area contributed by atoms with Crippen LogP contribution in [-0.4, -0.2) is 23.7 Å². The van der Waals surface area contributed by atoms with E-state index in [1.807, 2.05) is 38.1 Å². The first-order chi connectivity index (χ1) is 14.4. The maximum Gasteiger partial charge on any atom is 0.238 e. The highest BCUT2D eigenvalue weighted by Gasteiger charge is 2.50. The second kappa shape index (κ2) is 7.90. The fourth-order valence-electron chi connectivity index (χ4n) is 4.31. The minimum absolute atomic E-state index is 0.0387. The molecule has 154 valence electrons. The minimum atomic E-state index is -0.695. The van der Waals surface area contributed by atoms with Crippen LogP contribution in [0.3, 0.4) is 0 Å². The molecule has 0 N–H and O–H groups in total. The molecule has 30 heavy (non-hydrogen) atoms. The van der Waals surface area contributed by atoms with E-state index in [2.05, 4.69) is 0 Å². The number of hydrogen-bond donors (Lipinski definition) is 0. The monoisotopic (exact) mass is 403 g/mol. The lowest BCUT2D eigenvalue weighted by Gasteiger charge is -2.22. The molecule has 2 amide bonds. The molecule has 0 spiro atoms. The topological polar surface area (TPSA) is 63.7 Å². The number of hydrogen-bond acceptors (Lipinski definition) is 4. The van der Waals surface area contributed by atoms with Gasteiger partial charge in [0.05, 0.1) is 17.5 Å². The molecular formula is C25H25NO4. The minimum Gasteiger partial charge on any atom is -0.482 e. The molecule has 2 aliphatic rings.